The molecule has 0 atom stereocenters. The van der Waals surface area contributed by atoms with Crippen LogP contribution >= 0.6 is 0 Å². The highest BCUT2D eigenvalue weighted by molar-refractivity contribution is 6.20. The molecule has 0 heterocycles. The first-order valence-electron chi connectivity index (χ1n) is 7.57. The van der Waals surface area contributed by atoms with Gasteiger partial charge in [0, 0.05) is 6.08 Å². The fraction of sp³-hybridized carbons (Fsp3) is 0.150. The zero-order chi connectivity index (χ0) is 16.2. The second kappa shape index (κ2) is 6.53. The molecule has 0 unspecified atom stereocenters. The van der Waals surface area contributed by atoms with Crippen molar-refractivity contribution in [1.29, 1.82) is 0 Å². The fourth-order valence-electron chi connectivity index (χ4n) is 2.71. The van der Waals surface area contributed by atoms with Crippen molar-refractivity contribution >= 4 is 23.2 Å². The number of hydrogen-bond donors (Lipinski definition) is 0. The van der Waals surface area contributed by atoms with Crippen LogP contribution in [0.1, 0.15) is 23.6 Å². The van der Waals surface area contributed by atoms with Gasteiger partial charge in [0.05, 0.1) is 13.7 Å². The van der Waals surface area contributed by atoms with E-state index in [1.807, 2.05) is 48.5 Å². The van der Waals surface area contributed by atoms with Crippen LogP contribution in [0.25, 0.3) is 17.2 Å². The first-order valence-corrected chi connectivity index (χ1v) is 7.57. The predicted octanol–water partition coefficient (Wildman–Crippen LogP) is 4.20. The van der Waals surface area contributed by atoms with Crippen LogP contribution in [0.15, 0.2) is 54.6 Å². The third kappa shape index (κ3) is 3.04. The minimum Gasteiger partial charge on any atom is -0.497 e. The summed E-state index contributed by atoms with van der Waals surface area (Å²) in [5.41, 5.74) is 5.10. The van der Waals surface area contributed by atoms with Gasteiger partial charge in [-0.05, 0) is 53.0 Å². The van der Waals surface area contributed by atoms with Crippen molar-refractivity contribution in [1.82, 2.24) is 0 Å². The van der Waals surface area contributed by atoms with Gasteiger partial charge in [-0.25, -0.2) is 4.79 Å². The van der Waals surface area contributed by atoms with Crippen LogP contribution < -0.4 is 4.74 Å². The molecule has 2 aromatic carbocycles. The van der Waals surface area contributed by atoms with Crippen molar-refractivity contribution < 1.29 is 14.3 Å². The second-order valence-electron chi connectivity index (χ2n) is 5.18. The third-order valence-electron chi connectivity index (χ3n) is 3.79. The Morgan fingerprint density at radius 3 is 2.52 bits per heavy atom. The minimum atomic E-state index is -0.321. The Hall–Kier alpha value is -2.81. The van der Waals surface area contributed by atoms with Gasteiger partial charge >= 0.3 is 5.97 Å². The number of carbonyl (C=O) groups is 1. The Labute approximate surface area is 135 Å². The van der Waals surface area contributed by atoms with E-state index in [0.717, 1.165) is 33.6 Å². The first-order chi connectivity index (χ1) is 11.2. The molecule has 0 saturated heterocycles. The van der Waals surface area contributed by atoms with Crippen LogP contribution in [-0.4, -0.2) is 19.7 Å². The van der Waals surface area contributed by atoms with Gasteiger partial charge in [0.1, 0.15) is 5.75 Å². The lowest BCUT2D eigenvalue weighted by molar-refractivity contribution is -0.137. The molecule has 0 saturated carbocycles. The molecule has 0 spiro atoms. The van der Waals surface area contributed by atoms with Gasteiger partial charge in [0.15, 0.2) is 0 Å². The Balaban J connectivity index is 2.05. The number of allylic oxidation sites excluding steroid dienone is 2. The molecule has 2 aromatic rings. The number of fused-ring (bicyclic) bond motifs is 1. The van der Waals surface area contributed by atoms with E-state index in [1.54, 1.807) is 20.1 Å². The van der Waals surface area contributed by atoms with Crippen molar-refractivity contribution in [3.05, 3.63) is 71.3 Å². The Bertz CT molecular complexity index is 783. The molecule has 1 aliphatic carbocycles. The van der Waals surface area contributed by atoms with Gasteiger partial charge in [0.25, 0.3) is 0 Å². The van der Waals surface area contributed by atoms with Crippen molar-refractivity contribution in [2.75, 3.05) is 13.7 Å². The fourth-order valence-corrected chi connectivity index (χ4v) is 2.71. The molecule has 3 nitrogen and oxygen atoms in total. The molecule has 0 fully saturated rings. The number of methoxy groups -OCH3 is 1. The van der Waals surface area contributed by atoms with Gasteiger partial charge in [-0.2, -0.15) is 0 Å². The lowest BCUT2D eigenvalue weighted by Crippen LogP contribution is -2.01. The summed E-state index contributed by atoms with van der Waals surface area (Å²) in [6.45, 7) is 2.17. The summed E-state index contributed by atoms with van der Waals surface area (Å²) in [5.74, 6) is 0.486. The molecule has 0 radical (unpaired) electrons. The Morgan fingerprint density at radius 2 is 1.83 bits per heavy atom. The summed E-state index contributed by atoms with van der Waals surface area (Å²) in [5, 5.41) is 0. The Morgan fingerprint density at radius 1 is 1.09 bits per heavy atom. The normalized spacial score (nSPS) is 14.3. The van der Waals surface area contributed by atoms with E-state index < -0.39 is 0 Å². The highest BCUT2D eigenvalue weighted by Crippen LogP contribution is 2.41. The summed E-state index contributed by atoms with van der Waals surface area (Å²) >= 11 is 0. The van der Waals surface area contributed by atoms with E-state index in [9.17, 15) is 4.79 Å². The number of rotatable bonds is 4. The maximum atomic E-state index is 11.9. The highest BCUT2D eigenvalue weighted by Gasteiger charge is 2.21. The molecule has 1 aliphatic rings. The largest absolute Gasteiger partial charge is 0.497 e. The van der Waals surface area contributed by atoms with Crippen LogP contribution in [0.5, 0.6) is 5.75 Å². The highest BCUT2D eigenvalue weighted by atomic mass is 16.5. The van der Waals surface area contributed by atoms with Gasteiger partial charge in [-0.1, -0.05) is 36.4 Å². The van der Waals surface area contributed by atoms with Crippen LogP contribution in [-0.2, 0) is 9.53 Å². The van der Waals surface area contributed by atoms with E-state index in [2.05, 4.69) is 6.08 Å². The SMILES string of the molecule is CCOC(=O)/C=C1/C(c2ccc(OC)cc2)=Cc2ccccc21. The quantitative estimate of drug-likeness (QED) is 0.627. The van der Waals surface area contributed by atoms with E-state index in [0.29, 0.717) is 6.61 Å². The third-order valence-corrected chi connectivity index (χ3v) is 3.79. The average Bonchev–Trinajstić information content (AvgIpc) is 2.94. The number of carbonyl (C=O) groups excluding carboxylic acids is 1. The molecular formula is C20H18O3. The summed E-state index contributed by atoms with van der Waals surface area (Å²) < 4.78 is 10.3. The molecule has 0 bridgehead atoms. The number of hydrogen-bond acceptors (Lipinski definition) is 3. The van der Waals surface area contributed by atoms with Crippen molar-refractivity contribution in [2.24, 2.45) is 0 Å². The van der Waals surface area contributed by atoms with Gasteiger partial charge in [-0.15, -0.1) is 0 Å². The average molecular weight is 306 g/mol. The zero-order valence-electron chi connectivity index (χ0n) is 13.2. The van der Waals surface area contributed by atoms with Gasteiger partial charge < -0.3 is 9.47 Å². The monoisotopic (exact) mass is 306 g/mol. The molecular weight excluding hydrogens is 288 g/mol. The summed E-state index contributed by atoms with van der Waals surface area (Å²) in [7, 11) is 1.64. The number of esters is 1. The van der Waals surface area contributed by atoms with Crippen LogP contribution in [0.4, 0.5) is 0 Å². The molecule has 0 aliphatic heterocycles. The molecule has 3 rings (SSSR count). The standard InChI is InChI=1S/C20H18O3/c1-3-23-20(21)13-19-17-7-5-4-6-15(17)12-18(19)14-8-10-16(22-2)11-9-14/h4-13H,3H2,1-2H3/b19-13+. The minimum absolute atomic E-state index is 0.321. The number of benzene rings is 2. The molecule has 0 N–H and O–H groups in total. The zero-order valence-corrected chi connectivity index (χ0v) is 13.2. The van der Waals surface area contributed by atoms with Crippen LogP contribution in [0.2, 0.25) is 0 Å². The van der Waals surface area contributed by atoms with Gasteiger partial charge in [0.2, 0.25) is 0 Å². The molecule has 0 amide bonds. The predicted molar refractivity (Wildman–Crippen MR) is 91.9 cm³/mol. The van der Waals surface area contributed by atoms with Crippen molar-refractivity contribution in [2.45, 2.75) is 6.92 Å². The van der Waals surface area contributed by atoms with Crippen LogP contribution in [0, 0.1) is 0 Å². The summed E-state index contributed by atoms with van der Waals surface area (Å²) in [6.07, 6.45) is 3.67. The smallest absolute Gasteiger partial charge is 0.331 e. The Kier molecular flexibility index (Phi) is 4.29. The van der Waals surface area contributed by atoms with E-state index in [4.69, 9.17) is 9.47 Å². The summed E-state index contributed by atoms with van der Waals surface area (Å²) in [6, 6.07) is 15.9. The molecule has 0 aromatic heterocycles. The lowest BCUT2D eigenvalue weighted by atomic mass is 9.97. The van der Waals surface area contributed by atoms with Crippen LogP contribution in [0.3, 0.4) is 0 Å². The summed E-state index contributed by atoms with van der Waals surface area (Å²) in [4.78, 5) is 11.9. The maximum absolute atomic E-state index is 11.9. The molecule has 23 heavy (non-hydrogen) atoms. The topological polar surface area (TPSA) is 35.5 Å². The van der Waals surface area contributed by atoms with E-state index in [1.165, 1.54) is 0 Å². The van der Waals surface area contributed by atoms with Gasteiger partial charge in [-0.3, -0.25) is 0 Å². The van der Waals surface area contributed by atoms with E-state index in [-0.39, 0.29) is 5.97 Å². The maximum Gasteiger partial charge on any atom is 0.331 e. The number of ether oxygens (including phenoxy) is 2. The van der Waals surface area contributed by atoms with Crippen molar-refractivity contribution in [3.8, 4) is 5.75 Å². The first kappa shape index (κ1) is 15.1. The second-order valence-corrected chi connectivity index (χ2v) is 5.18. The molecule has 3 heteroatoms. The van der Waals surface area contributed by atoms with E-state index >= 15 is 0 Å². The van der Waals surface area contributed by atoms with Crippen molar-refractivity contribution in [3.63, 3.8) is 0 Å². The lowest BCUT2D eigenvalue weighted by Gasteiger charge is -2.09. The molecule has 116 valence electrons.